The molecular weight excluding hydrogens is 548 g/mol. The van der Waals surface area contributed by atoms with Crippen LogP contribution < -0.4 is 0 Å². The summed E-state index contributed by atoms with van der Waals surface area (Å²) in [6, 6.07) is 17.9. The Morgan fingerprint density at radius 1 is 0.784 bits per heavy atom. The fourth-order valence-corrected chi connectivity index (χ4v) is 28.2. The molecule has 0 spiro atoms. The van der Waals surface area contributed by atoms with Crippen molar-refractivity contribution in [2.45, 2.75) is 87.4 Å². The van der Waals surface area contributed by atoms with Crippen LogP contribution in [-0.2, 0) is 17.4 Å². The van der Waals surface area contributed by atoms with Crippen molar-refractivity contribution < 1.29 is 27.6 Å². The average molecular weight is 598 g/mol. The molecule has 0 saturated carbocycles. The zero-order chi connectivity index (χ0) is 28.3. The Morgan fingerprint density at radius 3 is 1.76 bits per heavy atom. The molecule has 4 rings (SSSR count). The van der Waals surface area contributed by atoms with Gasteiger partial charge in [0.15, 0.2) is 0 Å². The first kappa shape index (κ1) is 31.9. The molecule has 2 nitrogen and oxygen atoms in total. The van der Waals surface area contributed by atoms with Crippen LogP contribution in [0, 0.1) is 5.92 Å². The number of aliphatic hydroxyl groups is 2. The number of fused-ring (bicyclic) bond motifs is 1. The van der Waals surface area contributed by atoms with Gasteiger partial charge in [-0.05, 0) is 27.7 Å². The van der Waals surface area contributed by atoms with Crippen LogP contribution in [0.2, 0.25) is 9.26 Å². The molecule has 0 fully saturated rings. The number of benzene rings is 2. The molecule has 0 heterocycles. The molecule has 2 aromatic rings. The summed E-state index contributed by atoms with van der Waals surface area (Å²) >= 11 is -3.29. The Hall–Kier alpha value is -1.32. The van der Waals surface area contributed by atoms with Crippen LogP contribution in [0.4, 0.5) is 0 Å². The minimum atomic E-state index is -3.29. The molecule has 2 aliphatic carbocycles. The topological polar surface area (TPSA) is 40.5 Å². The Bertz CT molecular complexity index is 1260. The van der Waals surface area contributed by atoms with E-state index in [0.29, 0.717) is 9.54 Å². The van der Waals surface area contributed by atoms with E-state index in [0.717, 1.165) is 0 Å². The molecule has 0 radical (unpaired) electrons. The Kier molecular flexibility index (Phi) is 10.6. The van der Waals surface area contributed by atoms with Crippen molar-refractivity contribution >= 4 is 13.0 Å². The summed E-state index contributed by atoms with van der Waals surface area (Å²) in [5.74, 6) is 0.599. The molecule has 2 atom stereocenters. The van der Waals surface area contributed by atoms with Crippen molar-refractivity contribution in [1.82, 2.24) is 0 Å². The second kappa shape index (κ2) is 12.2. The van der Waals surface area contributed by atoms with Gasteiger partial charge in [0.05, 0.1) is 0 Å². The SMILES string of the molecule is CC(C)O.CC(C)O.CC1=Cc2c(-c3ccccc3)cccc2[CH]1[Zr]([CH3])([CH3])(=[SiH2])[C]1=C(C)C(C)=C(C)C1C. The maximum atomic E-state index is 8.06. The maximum absolute atomic E-state index is 8.06. The summed E-state index contributed by atoms with van der Waals surface area (Å²) < 4.78 is 7.83. The van der Waals surface area contributed by atoms with E-state index in [-0.39, 0.29) is 12.2 Å². The van der Waals surface area contributed by atoms with Gasteiger partial charge in [-0.3, -0.25) is 0 Å². The van der Waals surface area contributed by atoms with Gasteiger partial charge in [0.25, 0.3) is 0 Å². The number of rotatable bonds is 3. The van der Waals surface area contributed by atoms with Gasteiger partial charge in [-0.25, -0.2) is 0 Å². The molecule has 0 aliphatic heterocycles. The number of hydrogen-bond donors (Lipinski definition) is 2. The molecule has 2 aliphatic rings. The molecule has 2 aromatic carbocycles. The molecule has 2 unspecified atom stereocenters. The second-order valence-corrected chi connectivity index (χ2v) is 42.0. The predicted molar refractivity (Wildman–Crippen MR) is 163 cm³/mol. The van der Waals surface area contributed by atoms with E-state index in [9.17, 15) is 0 Å². The van der Waals surface area contributed by atoms with Crippen molar-refractivity contribution in [3.05, 3.63) is 85.2 Å². The number of allylic oxidation sites excluding steroid dienone is 5. The van der Waals surface area contributed by atoms with Gasteiger partial charge < -0.3 is 10.2 Å². The number of hydrogen-bond acceptors (Lipinski definition) is 2. The van der Waals surface area contributed by atoms with Crippen molar-refractivity contribution in [3.63, 3.8) is 0 Å². The van der Waals surface area contributed by atoms with Crippen LogP contribution in [0.3, 0.4) is 0 Å². The van der Waals surface area contributed by atoms with E-state index in [1.54, 1.807) is 55.6 Å². The van der Waals surface area contributed by atoms with E-state index < -0.39 is 17.4 Å². The summed E-state index contributed by atoms with van der Waals surface area (Å²) in [4.78, 5) is 0. The fourth-order valence-electron chi connectivity index (χ4n) is 6.50. The third-order valence-electron chi connectivity index (χ3n) is 7.81. The summed E-state index contributed by atoms with van der Waals surface area (Å²) in [6.07, 6.45) is 2.17. The molecule has 0 amide bonds. The summed E-state index contributed by atoms with van der Waals surface area (Å²) in [5, 5.41) is 16.1. The first-order valence-corrected chi connectivity index (χ1v) is 27.2. The summed E-state index contributed by atoms with van der Waals surface area (Å²) in [7, 11) is 0. The first-order chi connectivity index (χ1) is 17.0. The fraction of sp³-hybridized carbons (Fsp3) is 0.455. The van der Waals surface area contributed by atoms with Gasteiger partial charge in [-0.15, -0.1) is 0 Å². The van der Waals surface area contributed by atoms with Crippen LogP contribution >= 0.6 is 0 Å². The minimum absolute atomic E-state index is 0.167. The molecule has 4 heteroatoms. The van der Waals surface area contributed by atoms with Crippen molar-refractivity contribution in [2.75, 3.05) is 0 Å². The second-order valence-electron chi connectivity index (χ2n) is 12.6. The molecule has 202 valence electrons. The Balaban J connectivity index is 0.000000530. The van der Waals surface area contributed by atoms with E-state index in [1.165, 1.54) is 16.7 Å². The van der Waals surface area contributed by atoms with Gasteiger partial charge in [0, 0.05) is 12.2 Å². The third-order valence-corrected chi connectivity index (χ3v) is 25.3. The molecule has 0 bridgehead atoms. The predicted octanol–water partition coefficient (Wildman–Crippen LogP) is 8.18. The Morgan fingerprint density at radius 2 is 1.30 bits per heavy atom. The quantitative estimate of drug-likeness (QED) is 0.350. The monoisotopic (exact) mass is 596 g/mol. The van der Waals surface area contributed by atoms with E-state index >= 15 is 0 Å². The standard InChI is InChI=1S/C16H13.C9H13.2C3H8O.2CH3.H2Si.Zr/c1-12-10-14-8-5-9-15(16(14)11-12)13-6-3-2-4-7-13;1-6-5-7(2)9(4)8(6)3;2*1-3(2)4;;;;/h2-11H,1H3;6H,1-4H3;2*3-4H,1-2H3;2*1H3;1H2;. The average Bonchev–Trinajstić information content (AvgIpc) is 3.23. The van der Waals surface area contributed by atoms with Crippen LogP contribution in [0.25, 0.3) is 17.2 Å². The van der Waals surface area contributed by atoms with Crippen LogP contribution in [0.15, 0.2) is 74.1 Å². The summed E-state index contributed by atoms with van der Waals surface area (Å²) in [5.41, 5.74) is 12.0. The Labute approximate surface area is 229 Å². The van der Waals surface area contributed by atoms with E-state index in [1.807, 2.05) is 3.28 Å². The van der Waals surface area contributed by atoms with E-state index in [4.69, 9.17) is 10.2 Å². The zero-order valence-electron chi connectivity index (χ0n) is 25.1. The van der Waals surface area contributed by atoms with E-state index in [2.05, 4.69) is 105 Å². The molecular formula is C33H50O2SiZr. The summed E-state index contributed by atoms with van der Waals surface area (Å²) in [6.45, 7) is 21.2. The first-order valence-electron chi connectivity index (χ1n) is 13.7. The van der Waals surface area contributed by atoms with Gasteiger partial charge in [-0.1, -0.05) is 0 Å². The van der Waals surface area contributed by atoms with Crippen molar-refractivity contribution in [3.8, 4) is 11.1 Å². The van der Waals surface area contributed by atoms with Crippen LogP contribution in [0.5, 0.6) is 0 Å². The zero-order valence-corrected chi connectivity index (χ0v) is 29.0. The normalized spacial score (nSPS) is 19.4. The third kappa shape index (κ3) is 7.01. The molecule has 0 saturated heterocycles. The van der Waals surface area contributed by atoms with Crippen molar-refractivity contribution in [1.29, 1.82) is 0 Å². The van der Waals surface area contributed by atoms with Crippen LogP contribution in [0.1, 0.15) is 77.1 Å². The molecule has 37 heavy (non-hydrogen) atoms. The van der Waals surface area contributed by atoms with Crippen LogP contribution in [-0.4, -0.2) is 29.3 Å². The van der Waals surface area contributed by atoms with Gasteiger partial charge in [-0.2, -0.15) is 0 Å². The van der Waals surface area contributed by atoms with Gasteiger partial charge >= 0.3 is 180 Å². The molecule has 2 N–H and O–H groups in total. The van der Waals surface area contributed by atoms with Gasteiger partial charge in [0.1, 0.15) is 0 Å². The number of aliphatic hydroxyl groups excluding tert-OH is 2. The molecule has 0 aromatic heterocycles. The van der Waals surface area contributed by atoms with Gasteiger partial charge in [0.2, 0.25) is 0 Å². The van der Waals surface area contributed by atoms with Crippen molar-refractivity contribution in [2.24, 2.45) is 5.92 Å².